The summed E-state index contributed by atoms with van der Waals surface area (Å²) in [5, 5.41) is 0. The molecule has 0 bridgehead atoms. The number of nitrogens with one attached hydrogen (secondary N) is 1. The van der Waals surface area contributed by atoms with E-state index in [9.17, 15) is 14.4 Å². The number of carbonyl (C=O) groups is 3. The molecule has 1 saturated carbocycles. The number of aromatic amines is 1. The van der Waals surface area contributed by atoms with Crippen molar-refractivity contribution in [2.45, 2.75) is 64.8 Å². The maximum absolute atomic E-state index is 13.3. The molecule has 8 nitrogen and oxygen atoms in total. The zero-order chi connectivity index (χ0) is 23.5. The quantitative estimate of drug-likeness (QED) is 0.702. The van der Waals surface area contributed by atoms with Crippen LogP contribution >= 0.6 is 0 Å². The van der Waals surface area contributed by atoms with Gasteiger partial charge < -0.3 is 19.5 Å². The molecular formula is C25H38N4O4. The van der Waals surface area contributed by atoms with E-state index in [4.69, 9.17) is 4.74 Å². The van der Waals surface area contributed by atoms with Crippen LogP contribution in [0.15, 0.2) is 0 Å². The minimum absolute atomic E-state index is 0.148. The van der Waals surface area contributed by atoms with Gasteiger partial charge in [0.05, 0.1) is 18.6 Å². The molecule has 3 heterocycles. The minimum atomic E-state index is -0.445. The Hall–Kier alpha value is -2.35. The van der Waals surface area contributed by atoms with Crippen molar-refractivity contribution in [2.24, 2.45) is 5.92 Å². The lowest BCUT2D eigenvalue weighted by Gasteiger charge is -2.42. The average Bonchev–Trinajstić information content (AvgIpc) is 3.17. The topological polar surface area (TPSA) is 85.9 Å². The molecule has 3 aliphatic rings. The number of carbonyl (C=O) groups excluding carboxylic acids is 3. The van der Waals surface area contributed by atoms with Gasteiger partial charge in [-0.1, -0.05) is 19.3 Å². The van der Waals surface area contributed by atoms with Gasteiger partial charge in [0.2, 0.25) is 5.91 Å². The number of hydrogen-bond donors (Lipinski definition) is 1. The number of esters is 1. The second-order valence-corrected chi connectivity index (χ2v) is 9.86. The first-order valence-electron chi connectivity index (χ1n) is 12.5. The van der Waals surface area contributed by atoms with Gasteiger partial charge in [-0.05, 0) is 45.1 Å². The second kappa shape index (κ2) is 10.3. The Labute approximate surface area is 196 Å². The van der Waals surface area contributed by atoms with Crippen molar-refractivity contribution in [2.75, 3.05) is 46.4 Å². The van der Waals surface area contributed by atoms with Gasteiger partial charge in [0.25, 0.3) is 5.91 Å². The smallest absolute Gasteiger partial charge is 0.339 e. The highest BCUT2D eigenvalue weighted by Crippen LogP contribution is 2.26. The first-order chi connectivity index (χ1) is 15.9. The summed E-state index contributed by atoms with van der Waals surface area (Å²) < 4.78 is 4.86. The van der Waals surface area contributed by atoms with Crippen LogP contribution in [-0.4, -0.2) is 89.9 Å². The molecule has 2 aliphatic heterocycles. The first-order valence-corrected chi connectivity index (χ1v) is 12.5. The fourth-order valence-electron chi connectivity index (χ4n) is 5.91. The van der Waals surface area contributed by atoms with Crippen molar-refractivity contribution in [1.82, 2.24) is 19.7 Å². The third kappa shape index (κ3) is 4.95. The van der Waals surface area contributed by atoms with Crippen molar-refractivity contribution in [3.8, 4) is 0 Å². The number of piperidine rings is 1. The Balaban J connectivity index is 1.36. The number of likely N-dealkylation sites (tertiary alicyclic amines) is 1. The van der Waals surface area contributed by atoms with E-state index in [1.165, 1.54) is 39.2 Å². The Bertz CT molecular complexity index is 881. The Morgan fingerprint density at radius 1 is 0.879 bits per heavy atom. The minimum Gasteiger partial charge on any atom is -0.465 e. The lowest BCUT2D eigenvalue weighted by molar-refractivity contribution is -0.139. The van der Waals surface area contributed by atoms with Crippen LogP contribution in [-0.2, 0) is 9.53 Å². The molecule has 2 saturated heterocycles. The van der Waals surface area contributed by atoms with Crippen LogP contribution in [0.25, 0.3) is 0 Å². The predicted molar refractivity (Wildman–Crippen MR) is 125 cm³/mol. The molecule has 1 aliphatic carbocycles. The standard InChI is InChI=1S/C25H38N4O4/c1-17-21(25(32)33-3)18(2)26-22(17)24(31)29-11-7-8-19(16-29)23(30)28-14-12-27(13-15-28)20-9-5-4-6-10-20/h19-20,26H,4-16H2,1-3H3. The molecule has 4 rings (SSSR count). The zero-order valence-corrected chi connectivity index (χ0v) is 20.3. The molecule has 3 fully saturated rings. The van der Waals surface area contributed by atoms with Gasteiger partial charge in [-0.2, -0.15) is 0 Å². The third-order valence-electron chi connectivity index (χ3n) is 7.82. The predicted octanol–water partition coefficient (Wildman–Crippen LogP) is 2.75. The van der Waals surface area contributed by atoms with Gasteiger partial charge in [0.1, 0.15) is 5.69 Å². The van der Waals surface area contributed by atoms with Crippen molar-refractivity contribution in [3.63, 3.8) is 0 Å². The number of ether oxygens (including phenoxy) is 1. The number of aromatic nitrogens is 1. The number of methoxy groups -OCH3 is 1. The average molecular weight is 459 g/mol. The van der Waals surface area contributed by atoms with Crippen molar-refractivity contribution < 1.29 is 19.1 Å². The molecule has 0 radical (unpaired) electrons. The normalized spacial score (nSPS) is 22.9. The van der Waals surface area contributed by atoms with Gasteiger partial charge in [-0.15, -0.1) is 0 Å². The van der Waals surface area contributed by atoms with E-state index in [1.54, 1.807) is 18.7 Å². The number of H-pyrrole nitrogens is 1. The highest BCUT2D eigenvalue weighted by atomic mass is 16.5. The van der Waals surface area contributed by atoms with Crippen LogP contribution in [0.4, 0.5) is 0 Å². The lowest BCUT2D eigenvalue weighted by Crippen LogP contribution is -2.55. The highest BCUT2D eigenvalue weighted by Gasteiger charge is 2.35. The summed E-state index contributed by atoms with van der Waals surface area (Å²) in [7, 11) is 1.34. The number of piperazine rings is 1. The van der Waals surface area contributed by atoms with E-state index in [1.807, 2.05) is 4.90 Å². The van der Waals surface area contributed by atoms with E-state index in [0.717, 1.165) is 39.0 Å². The fourth-order valence-corrected chi connectivity index (χ4v) is 5.91. The Kier molecular flexibility index (Phi) is 7.41. The number of aryl methyl sites for hydroxylation is 1. The van der Waals surface area contributed by atoms with E-state index >= 15 is 0 Å². The molecule has 182 valence electrons. The number of nitrogens with zero attached hydrogens (tertiary/aromatic N) is 3. The summed E-state index contributed by atoms with van der Waals surface area (Å²) in [4.78, 5) is 48.1. The van der Waals surface area contributed by atoms with Crippen LogP contribution in [0, 0.1) is 19.8 Å². The zero-order valence-electron chi connectivity index (χ0n) is 20.3. The van der Waals surface area contributed by atoms with E-state index in [2.05, 4.69) is 9.88 Å². The molecule has 1 N–H and O–H groups in total. The Morgan fingerprint density at radius 3 is 2.24 bits per heavy atom. The van der Waals surface area contributed by atoms with Crippen LogP contribution in [0.3, 0.4) is 0 Å². The Morgan fingerprint density at radius 2 is 1.58 bits per heavy atom. The van der Waals surface area contributed by atoms with Crippen molar-refractivity contribution >= 4 is 17.8 Å². The van der Waals surface area contributed by atoms with Gasteiger partial charge in [0, 0.05) is 51.0 Å². The monoisotopic (exact) mass is 458 g/mol. The molecular weight excluding hydrogens is 420 g/mol. The number of amides is 2. The number of rotatable bonds is 4. The van der Waals surface area contributed by atoms with Gasteiger partial charge >= 0.3 is 5.97 Å². The maximum atomic E-state index is 13.3. The van der Waals surface area contributed by atoms with Gasteiger partial charge in [-0.25, -0.2) is 4.79 Å². The second-order valence-electron chi connectivity index (χ2n) is 9.86. The summed E-state index contributed by atoms with van der Waals surface area (Å²) in [5.74, 6) is -0.560. The molecule has 8 heteroatoms. The fraction of sp³-hybridized carbons (Fsp3) is 0.720. The third-order valence-corrected chi connectivity index (χ3v) is 7.82. The van der Waals surface area contributed by atoms with Crippen LogP contribution in [0.2, 0.25) is 0 Å². The SMILES string of the molecule is COC(=O)c1c(C)[nH]c(C(=O)N2CCCC(C(=O)N3CCN(C4CCCCC4)CC3)C2)c1C. The largest absolute Gasteiger partial charge is 0.465 e. The molecule has 1 unspecified atom stereocenters. The van der Waals surface area contributed by atoms with Crippen LogP contribution in [0.1, 0.15) is 77.0 Å². The summed E-state index contributed by atoms with van der Waals surface area (Å²) in [6.45, 7) is 8.10. The molecule has 1 aromatic heterocycles. The van der Waals surface area contributed by atoms with Gasteiger partial charge in [0.15, 0.2) is 0 Å². The molecule has 33 heavy (non-hydrogen) atoms. The van der Waals surface area contributed by atoms with E-state index in [0.29, 0.717) is 41.6 Å². The van der Waals surface area contributed by atoms with Crippen molar-refractivity contribution in [1.29, 1.82) is 0 Å². The summed E-state index contributed by atoms with van der Waals surface area (Å²) in [6.07, 6.45) is 8.24. The number of hydrogen-bond acceptors (Lipinski definition) is 5. The van der Waals surface area contributed by atoms with Crippen LogP contribution in [0.5, 0.6) is 0 Å². The lowest BCUT2D eigenvalue weighted by atomic mass is 9.93. The van der Waals surface area contributed by atoms with Crippen molar-refractivity contribution in [3.05, 3.63) is 22.5 Å². The molecule has 0 spiro atoms. The van der Waals surface area contributed by atoms with Gasteiger partial charge in [-0.3, -0.25) is 14.5 Å². The molecule has 2 amide bonds. The molecule has 1 aromatic rings. The van der Waals surface area contributed by atoms with Crippen LogP contribution < -0.4 is 0 Å². The summed E-state index contributed by atoms with van der Waals surface area (Å²) in [6, 6.07) is 0.696. The maximum Gasteiger partial charge on any atom is 0.339 e. The first kappa shape index (κ1) is 23.8. The summed E-state index contributed by atoms with van der Waals surface area (Å²) in [5.41, 5.74) is 2.07. The molecule has 1 atom stereocenters. The van der Waals surface area contributed by atoms with E-state index in [-0.39, 0.29) is 17.7 Å². The summed E-state index contributed by atoms with van der Waals surface area (Å²) >= 11 is 0. The van der Waals surface area contributed by atoms with E-state index < -0.39 is 5.97 Å². The molecule has 0 aromatic carbocycles. The highest BCUT2D eigenvalue weighted by molar-refractivity contribution is 6.00.